The highest BCUT2D eigenvalue weighted by atomic mass is 16.2. The fraction of sp³-hybridized carbons (Fsp3) is 0.462. The maximum atomic E-state index is 12.0. The summed E-state index contributed by atoms with van der Waals surface area (Å²) < 4.78 is 0. The fourth-order valence-electron chi connectivity index (χ4n) is 2.04. The lowest BCUT2D eigenvalue weighted by molar-refractivity contribution is 0.0745. The smallest absolute Gasteiger partial charge is 0.253 e. The molecule has 86 valence electrons. The van der Waals surface area contributed by atoms with Gasteiger partial charge in [0.1, 0.15) is 0 Å². The van der Waals surface area contributed by atoms with Gasteiger partial charge >= 0.3 is 0 Å². The highest BCUT2D eigenvalue weighted by molar-refractivity contribution is 5.94. The average molecular weight is 218 g/mol. The largest absolute Gasteiger partial charge is 0.399 e. The van der Waals surface area contributed by atoms with Crippen LogP contribution in [0.25, 0.3) is 0 Å². The van der Waals surface area contributed by atoms with Gasteiger partial charge in [0, 0.05) is 24.8 Å². The van der Waals surface area contributed by atoms with Gasteiger partial charge in [-0.15, -0.1) is 0 Å². The lowest BCUT2D eigenvalue weighted by Crippen LogP contribution is -2.34. The van der Waals surface area contributed by atoms with Crippen LogP contribution in [0.5, 0.6) is 0 Å². The molecule has 2 rings (SSSR count). The molecule has 0 saturated heterocycles. The van der Waals surface area contributed by atoms with Gasteiger partial charge in [0.05, 0.1) is 0 Å². The molecule has 1 aromatic carbocycles. The molecule has 0 aliphatic heterocycles. The predicted octanol–water partition coefficient (Wildman–Crippen LogP) is 2.14. The number of nitrogens with two attached hydrogens (primary N) is 1. The molecule has 1 aliphatic carbocycles. The molecule has 16 heavy (non-hydrogen) atoms. The summed E-state index contributed by atoms with van der Waals surface area (Å²) >= 11 is 0. The second kappa shape index (κ2) is 4.56. The summed E-state index contributed by atoms with van der Waals surface area (Å²) in [5.41, 5.74) is 6.99. The number of nitrogens with zero attached hydrogens (tertiary/aromatic N) is 1. The van der Waals surface area contributed by atoms with E-state index in [1.165, 1.54) is 19.3 Å². The van der Waals surface area contributed by atoms with Crippen molar-refractivity contribution in [2.24, 2.45) is 5.92 Å². The second-order valence-corrected chi connectivity index (χ2v) is 4.61. The van der Waals surface area contributed by atoms with Crippen molar-refractivity contribution in [2.45, 2.75) is 19.3 Å². The Kier molecular flexibility index (Phi) is 3.13. The number of rotatable bonds is 3. The number of amides is 1. The Hall–Kier alpha value is -1.51. The first kappa shape index (κ1) is 11.0. The zero-order valence-electron chi connectivity index (χ0n) is 9.65. The average Bonchev–Trinajstić information content (AvgIpc) is 2.22. The van der Waals surface area contributed by atoms with E-state index in [0.717, 1.165) is 6.54 Å². The van der Waals surface area contributed by atoms with Crippen molar-refractivity contribution >= 4 is 11.6 Å². The molecular weight excluding hydrogens is 200 g/mol. The number of hydrogen-bond acceptors (Lipinski definition) is 2. The van der Waals surface area contributed by atoms with E-state index in [1.807, 2.05) is 19.2 Å². The molecule has 1 saturated carbocycles. The SMILES string of the molecule is CN(CC1CCC1)C(=O)c1cccc(N)c1. The van der Waals surface area contributed by atoms with E-state index >= 15 is 0 Å². The third kappa shape index (κ3) is 2.35. The minimum atomic E-state index is 0.0687. The van der Waals surface area contributed by atoms with Gasteiger partial charge in [-0.2, -0.15) is 0 Å². The summed E-state index contributed by atoms with van der Waals surface area (Å²) in [5, 5.41) is 0. The second-order valence-electron chi connectivity index (χ2n) is 4.61. The van der Waals surface area contributed by atoms with Gasteiger partial charge < -0.3 is 10.6 Å². The van der Waals surface area contributed by atoms with E-state index < -0.39 is 0 Å². The maximum absolute atomic E-state index is 12.0. The third-order valence-electron chi connectivity index (χ3n) is 3.24. The summed E-state index contributed by atoms with van der Waals surface area (Å²) in [7, 11) is 1.86. The molecule has 0 unspecified atom stereocenters. The molecule has 0 spiro atoms. The standard InChI is InChI=1S/C13H18N2O/c1-15(9-10-4-2-5-10)13(16)11-6-3-7-12(14)8-11/h3,6-8,10H,2,4-5,9,14H2,1H3. The normalized spacial score (nSPS) is 15.6. The summed E-state index contributed by atoms with van der Waals surface area (Å²) in [5.74, 6) is 0.772. The summed E-state index contributed by atoms with van der Waals surface area (Å²) in [6, 6.07) is 7.16. The van der Waals surface area contributed by atoms with E-state index in [1.54, 1.807) is 17.0 Å². The molecule has 0 heterocycles. The highest BCUT2D eigenvalue weighted by Gasteiger charge is 2.21. The van der Waals surface area contributed by atoms with E-state index in [2.05, 4.69) is 0 Å². The maximum Gasteiger partial charge on any atom is 0.253 e. The molecule has 3 nitrogen and oxygen atoms in total. The zero-order chi connectivity index (χ0) is 11.5. The molecule has 0 aromatic heterocycles. The van der Waals surface area contributed by atoms with Gasteiger partial charge in [0.2, 0.25) is 0 Å². The number of nitrogen functional groups attached to an aromatic ring is 1. The van der Waals surface area contributed by atoms with Crippen LogP contribution in [0.2, 0.25) is 0 Å². The number of hydrogen-bond donors (Lipinski definition) is 1. The molecule has 3 heteroatoms. The lowest BCUT2D eigenvalue weighted by Gasteiger charge is -2.30. The molecular formula is C13H18N2O. The van der Waals surface area contributed by atoms with E-state index in [4.69, 9.17) is 5.73 Å². The van der Waals surface area contributed by atoms with Crippen molar-refractivity contribution in [1.82, 2.24) is 4.90 Å². The van der Waals surface area contributed by atoms with Crippen molar-refractivity contribution < 1.29 is 4.79 Å². The van der Waals surface area contributed by atoms with Gasteiger partial charge in [-0.3, -0.25) is 4.79 Å². The monoisotopic (exact) mass is 218 g/mol. The molecule has 0 radical (unpaired) electrons. The molecule has 0 atom stereocenters. The molecule has 1 amide bonds. The number of anilines is 1. The molecule has 2 N–H and O–H groups in total. The highest BCUT2D eigenvalue weighted by Crippen LogP contribution is 2.27. The summed E-state index contributed by atoms with van der Waals surface area (Å²) in [4.78, 5) is 13.8. The van der Waals surface area contributed by atoms with Crippen molar-refractivity contribution in [3.63, 3.8) is 0 Å². The van der Waals surface area contributed by atoms with Crippen LogP contribution in [0.4, 0.5) is 5.69 Å². The van der Waals surface area contributed by atoms with E-state index in [9.17, 15) is 4.79 Å². The van der Waals surface area contributed by atoms with Crippen molar-refractivity contribution in [1.29, 1.82) is 0 Å². The van der Waals surface area contributed by atoms with Crippen LogP contribution in [0.1, 0.15) is 29.6 Å². The van der Waals surface area contributed by atoms with Gasteiger partial charge in [-0.1, -0.05) is 12.5 Å². The number of carbonyl (C=O) groups excluding carboxylic acids is 1. The minimum absolute atomic E-state index is 0.0687. The van der Waals surface area contributed by atoms with Crippen LogP contribution in [0.3, 0.4) is 0 Å². The van der Waals surface area contributed by atoms with Crippen molar-refractivity contribution in [2.75, 3.05) is 19.3 Å². The van der Waals surface area contributed by atoms with Crippen molar-refractivity contribution in [3.8, 4) is 0 Å². The van der Waals surface area contributed by atoms with E-state index in [-0.39, 0.29) is 5.91 Å². The number of carbonyl (C=O) groups is 1. The van der Waals surface area contributed by atoms with Gasteiger partial charge in [-0.25, -0.2) is 0 Å². The molecule has 1 aromatic rings. The van der Waals surface area contributed by atoms with Crippen LogP contribution in [0, 0.1) is 5.92 Å². The van der Waals surface area contributed by atoms with Crippen LogP contribution >= 0.6 is 0 Å². The third-order valence-corrected chi connectivity index (χ3v) is 3.24. The first-order chi connectivity index (χ1) is 7.66. The van der Waals surface area contributed by atoms with Crippen LogP contribution in [0.15, 0.2) is 24.3 Å². The number of benzene rings is 1. The Bertz CT molecular complexity index is 385. The quantitative estimate of drug-likeness (QED) is 0.790. The Labute approximate surface area is 96.2 Å². The summed E-state index contributed by atoms with van der Waals surface area (Å²) in [6.07, 6.45) is 3.83. The minimum Gasteiger partial charge on any atom is -0.399 e. The van der Waals surface area contributed by atoms with Gasteiger partial charge in [0.15, 0.2) is 0 Å². The predicted molar refractivity (Wildman–Crippen MR) is 65.2 cm³/mol. The first-order valence-corrected chi connectivity index (χ1v) is 5.78. The summed E-state index contributed by atoms with van der Waals surface area (Å²) in [6.45, 7) is 0.869. The first-order valence-electron chi connectivity index (χ1n) is 5.78. The Morgan fingerprint density at radius 3 is 2.81 bits per heavy atom. The Morgan fingerprint density at radius 2 is 2.25 bits per heavy atom. The molecule has 1 aliphatic rings. The zero-order valence-corrected chi connectivity index (χ0v) is 9.65. The topological polar surface area (TPSA) is 46.3 Å². The van der Waals surface area contributed by atoms with Crippen molar-refractivity contribution in [3.05, 3.63) is 29.8 Å². The Morgan fingerprint density at radius 1 is 1.50 bits per heavy atom. The molecule has 0 bridgehead atoms. The lowest BCUT2D eigenvalue weighted by atomic mass is 9.85. The van der Waals surface area contributed by atoms with Gasteiger partial charge in [-0.05, 0) is 37.0 Å². The fourth-order valence-corrected chi connectivity index (χ4v) is 2.04. The molecule has 1 fully saturated rings. The van der Waals surface area contributed by atoms with Crippen LogP contribution in [-0.4, -0.2) is 24.4 Å². The van der Waals surface area contributed by atoms with Crippen LogP contribution in [-0.2, 0) is 0 Å². The van der Waals surface area contributed by atoms with Crippen LogP contribution < -0.4 is 5.73 Å². The Balaban J connectivity index is 2.00. The van der Waals surface area contributed by atoms with E-state index in [0.29, 0.717) is 17.2 Å². The van der Waals surface area contributed by atoms with Gasteiger partial charge in [0.25, 0.3) is 5.91 Å².